The molecule has 1 amide bonds. The van der Waals surface area contributed by atoms with Crippen LogP contribution in [0.4, 0.5) is 4.79 Å². The third-order valence-corrected chi connectivity index (χ3v) is 13.2. The van der Waals surface area contributed by atoms with E-state index in [1.54, 1.807) is 58.1 Å². The van der Waals surface area contributed by atoms with E-state index in [-0.39, 0.29) is 37.3 Å². The summed E-state index contributed by atoms with van der Waals surface area (Å²) in [6, 6.07) is 2.44. The Morgan fingerprint density at radius 1 is 1.07 bits per heavy atom. The molecule has 0 aliphatic carbocycles. The van der Waals surface area contributed by atoms with Crippen LogP contribution in [0.5, 0.6) is 0 Å². The molecule has 1 unspecified atom stereocenters. The number of cyclic esters (lactones) is 1. The van der Waals surface area contributed by atoms with E-state index in [9.17, 15) is 24.3 Å². The first kappa shape index (κ1) is 47.3. The maximum atomic E-state index is 14.8. The van der Waals surface area contributed by atoms with Crippen molar-refractivity contribution in [3.63, 3.8) is 0 Å². The highest BCUT2D eigenvalue weighted by atomic mass is 35.5. The third-order valence-electron chi connectivity index (χ3n) is 12.9. The number of ketones is 2. The minimum atomic E-state index is -1.61. The number of likely N-dealkylation sites (N-methyl/N-ethyl adjacent to an activating group) is 1. The van der Waals surface area contributed by atoms with Gasteiger partial charge in [0.2, 0.25) is 0 Å². The van der Waals surface area contributed by atoms with Crippen LogP contribution in [0.2, 0.25) is 5.15 Å². The summed E-state index contributed by atoms with van der Waals surface area (Å²) in [5, 5.41) is 11.8. The van der Waals surface area contributed by atoms with Gasteiger partial charge in [-0.05, 0) is 85.2 Å². The van der Waals surface area contributed by atoms with Gasteiger partial charge in [0.25, 0.3) is 0 Å². The van der Waals surface area contributed by atoms with Crippen molar-refractivity contribution in [1.82, 2.24) is 24.3 Å². The number of ether oxygens (including phenoxy) is 5. The van der Waals surface area contributed by atoms with Crippen molar-refractivity contribution in [3.8, 4) is 11.3 Å². The molecule has 16 heteroatoms. The molecular weight excluding hydrogens is 794 g/mol. The molecule has 5 heterocycles. The molecular formula is C44H64ClN5O10. The molecule has 0 spiro atoms. The van der Waals surface area contributed by atoms with Crippen molar-refractivity contribution in [2.45, 2.75) is 141 Å². The average molecular weight is 858 g/mol. The number of aliphatic hydroxyl groups excluding tert-OH is 1. The standard InChI is InChI=1S/C44H64ClN5O10/c1-12-33-44(13-2)37(50(42(55)60-44)20-15-14-19-49-23-31(47-24-49)30-17-16-18-46-39(30)45)27(5)34(51)25(3)22-43(8,56-11)38(28(6)35(52)29(7)40(54)58-33)59-41-36(53)32(48(9)10)21-26(4)57-41/h13,16-18,23-29,32-33,36-38,41,53H,2,12,14-15,19-22H2,1,3-11H3/t25-,26-,27-,28+,29-,32+,33+,36-,37+,38-,41?,43+,44-/m1/s1. The number of amides is 1. The number of hydrogen-bond acceptors (Lipinski definition) is 13. The molecule has 0 bridgehead atoms. The van der Waals surface area contributed by atoms with Crippen LogP contribution >= 0.6 is 11.6 Å². The highest BCUT2D eigenvalue weighted by Gasteiger charge is 2.61. The number of Topliss-reactive ketones (excluding diaryl/α,β-unsaturated/α-hetero) is 2. The highest BCUT2D eigenvalue weighted by Crippen LogP contribution is 2.44. The van der Waals surface area contributed by atoms with Gasteiger partial charge in [-0.15, -0.1) is 0 Å². The Bertz CT molecular complexity index is 1860. The Kier molecular flexibility index (Phi) is 15.4. The summed E-state index contributed by atoms with van der Waals surface area (Å²) in [5.74, 6) is -5.27. The molecule has 3 aliphatic rings. The molecule has 3 aliphatic heterocycles. The normalized spacial score (nSPS) is 35.8. The molecule has 332 valence electrons. The van der Waals surface area contributed by atoms with Crippen molar-refractivity contribution in [2.75, 3.05) is 27.7 Å². The lowest BCUT2D eigenvalue weighted by Gasteiger charge is -2.47. The molecule has 3 fully saturated rings. The van der Waals surface area contributed by atoms with Crippen molar-refractivity contribution in [3.05, 3.63) is 48.7 Å². The van der Waals surface area contributed by atoms with Crippen LogP contribution in [0, 0.1) is 23.7 Å². The zero-order valence-corrected chi connectivity index (χ0v) is 37.5. The van der Waals surface area contributed by atoms with Crippen LogP contribution in [0.1, 0.15) is 80.6 Å². The van der Waals surface area contributed by atoms with Crippen LogP contribution in [0.15, 0.2) is 43.5 Å². The van der Waals surface area contributed by atoms with Crippen molar-refractivity contribution in [1.29, 1.82) is 0 Å². The number of unbranched alkanes of at least 4 members (excludes halogenated alkanes) is 1. The molecule has 2 aromatic heterocycles. The van der Waals surface area contributed by atoms with Crippen LogP contribution in [-0.4, -0.2) is 135 Å². The van der Waals surface area contributed by atoms with E-state index in [4.69, 9.17) is 35.3 Å². The van der Waals surface area contributed by atoms with E-state index in [1.165, 1.54) is 20.1 Å². The van der Waals surface area contributed by atoms with Gasteiger partial charge >= 0.3 is 12.1 Å². The third kappa shape index (κ3) is 9.51. The molecule has 2 aromatic rings. The lowest BCUT2D eigenvalue weighted by atomic mass is 9.72. The molecule has 3 saturated heterocycles. The largest absolute Gasteiger partial charge is 0.457 e. The Balaban J connectivity index is 1.46. The minimum Gasteiger partial charge on any atom is -0.457 e. The zero-order chi connectivity index (χ0) is 44.3. The molecule has 0 radical (unpaired) electrons. The maximum Gasteiger partial charge on any atom is 0.411 e. The number of aromatic nitrogens is 3. The second-order valence-corrected chi connectivity index (χ2v) is 17.7. The summed E-state index contributed by atoms with van der Waals surface area (Å²) in [6.07, 6.45) is 3.45. The number of pyridine rings is 1. The van der Waals surface area contributed by atoms with Gasteiger partial charge < -0.3 is 38.3 Å². The quantitative estimate of drug-likeness (QED) is 0.0901. The number of esters is 1. The minimum absolute atomic E-state index is 0.0975. The SMILES string of the molecule is C=C[C@]12OC(=O)N(CCCCn3cnc(-c4cccnc4Cl)c3)[C@H]1[C@H](C)C(=O)[C@H](C)C[C@](C)(OC)[C@H](OC1O[C@H](C)C[C@H](N(C)C)[C@H]1O)[C@@H](C)C(=O)[C@@H](C)C(=O)O[C@H]2CC. The van der Waals surface area contributed by atoms with Gasteiger partial charge in [0.05, 0.1) is 35.9 Å². The number of rotatable bonds is 12. The summed E-state index contributed by atoms with van der Waals surface area (Å²) in [4.78, 5) is 69.3. The van der Waals surface area contributed by atoms with Gasteiger partial charge in [-0.2, -0.15) is 0 Å². The zero-order valence-electron chi connectivity index (χ0n) is 36.7. The Labute approximate surface area is 359 Å². The predicted octanol–water partition coefficient (Wildman–Crippen LogP) is 5.75. The van der Waals surface area contributed by atoms with Gasteiger partial charge in [-0.1, -0.05) is 45.9 Å². The van der Waals surface area contributed by atoms with E-state index >= 15 is 0 Å². The monoisotopic (exact) mass is 857 g/mol. The summed E-state index contributed by atoms with van der Waals surface area (Å²) in [6.45, 7) is 17.0. The molecule has 0 saturated carbocycles. The average Bonchev–Trinajstić information content (AvgIpc) is 3.81. The van der Waals surface area contributed by atoms with Crippen LogP contribution < -0.4 is 0 Å². The molecule has 60 heavy (non-hydrogen) atoms. The lowest BCUT2D eigenvalue weighted by molar-refractivity contribution is -0.295. The van der Waals surface area contributed by atoms with E-state index < -0.39 is 83.4 Å². The summed E-state index contributed by atoms with van der Waals surface area (Å²) < 4.78 is 33.2. The Hall–Kier alpha value is -3.73. The Morgan fingerprint density at radius 3 is 2.40 bits per heavy atom. The predicted molar refractivity (Wildman–Crippen MR) is 224 cm³/mol. The molecule has 1 N–H and O–H groups in total. The van der Waals surface area contributed by atoms with Crippen LogP contribution in [-0.2, 0) is 44.6 Å². The van der Waals surface area contributed by atoms with Crippen LogP contribution in [0.25, 0.3) is 11.3 Å². The van der Waals surface area contributed by atoms with Crippen molar-refractivity contribution >= 4 is 35.2 Å². The number of carbonyl (C=O) groups excluding carboxylic acids is 4. The van der Waals surface area contributed by atoms with Gasteiger partial charge in [-0.25, -0.2) is 14.8 Å². The van der Waals surface area contributed by atoms with Gasteiger partial charge in [-0.3, -0.25) is 19.3 Å². The van der Waals surface area contributed by atoms with Gasteiger partial charge in [0, 0.05) is 62.0 Å². The second kappa shape index (κ2) is 19.5. The molecule has 15 nitrogen and oxygen atoms in total. The van der Waals surface area contributed by atoms with E-state index in [0.29, 0.717) is 36.7 Å². The van der Waals surface area contributed by atoms with E-state index in [1.807, 2.05) is 42.7 Å². The first-order valence-corrected chi connectivity index (χ1v) is 21.5. The fourth-order valence-corrected chi connectivity index (χ4v) is 9.67. The topological polar surface area (TPSA) is 172 Å². The smallest absolute Gasteiger partial charge is 0.411 e. The second-order valence-electron chi connectivity index (χ2n) is 17.3. The van der Waals surface area contributed by atoms with Crippen molar-refractivity contribution in [2.24, 2.45) is 23.7 Å². The summed E-state index contributed by atoms with van der Waals surface area (Å²) in [7, 11) is 5.21. The number of aliphatic hydroxyl groups is 1. The van der Waals surface area contributed by atoms with Gasteiger partial charge in [0.15, 0.2) is 17.7 Å². The number of methoxy groups -OCH3 is 1. The first-order valence-electron chi connectivity index (χ1n) is 21.1. The number of fused-ring (bicyclic) bond motifs is 1. The Morgan fingerprint density at radius 2 is 1.77 bits per heavy atom. The highest BCUT2D eigenvalue weighted by molar-refractivity contribution is 6.32. The fraction of sp³-hybridized carbons (Fsp3) is 0.682. The van der Waals surface area contributed by atoms with Gasteiger partial charge in [0.1, 0.15) is 29.1 Å². The first-order chi connectivity index (χ1) is 28.3. The molecule has 0 aromatic carbocycles. The summed E-state index contributed by atoms with van der Waals surface area (Å²) >= 11 is 6.29. The molecule has 5 rings (SSSR count). The lowest BCUT2D eigenvalue weighted by Crippen LogP contribution is -2.60. The fourth-order valence-electron chi connectivity index (χ4n) is 9.46. The summed E-state index contributed by atoms with van der Waals surface area (Å²) in [5.41, 5.74) is -1.50. The van der Waals surface area contributed by atoms with Crippen molar-refractivity contribution < 1.29 is 48.0 Å². The maximum absolute atomic E-state index is 14.8. The number of carbonyl (C=O) groups is 4. The number of hydrogen-bond donors (Lipinski definition) is 1. The number of aryl methyl sites for hydroxylation is 1. The van der Waals surface area contributed by atoms with E-state index in [0.717, 1.165) is 5.56 Å². The number of nitrogens with zero attached hydrogens (tertiary/aromatic N) is 5. The number of imidazole rings is 1. The number of halogens is 1. The van der Waals surface area contributed by atoms with Crippen LogP contribution in [0.3, 0.4) is 0 Å². The molecule has 13 atom stereocenters. The van der Waals surface area contributed by atoms with E-state index in [2.05, 4.69) is 16.5 Å².